The fraction of sp³-hybridized carbons (Fsp3) is 0.471. The number of carboxylic acid groups (broad SMARTS) is 1. The van der Waals surface area contributed by atoms with Crippen molar-refractivity contribution < 1.29 is 29.0 Å². The number of rotatable bonds is 4. The second-order valence-corrected chi connectivity index (χ2v) is 6.06. The largest absolute Gasteiger partial charge is 0.495 e. The van der Waals surface area contributed by atoms with E-state index in [4.69, 9.17) is 14.6 Å². The van der Waals surface area contributed by atoms with Crippen molar-refractivity contribution in [1.29, 1.82) is 0 Å². The number of methoxy groups -OCH3 is 1. The molecule has 0 unspecified atom stereocenters. The molecule has 2 fully saturated rings. The minimum Gasteiger partial charge on any atom is -0.495 e. The van der Waals surface area contributed by atoms with Crippen molar-refractivity contribution in [1.82, 2.24) is 4.90 Å². The Morgan fingerprint density at radius 1 is 1.28 bits per heavy atom. The Hall–Kier alpha value is -2.61. The summed E-state index contributed by atoms with van der Waals surface area (Å²) < 4.78 is 10.4. The Bertz CT molecular complexity index is 691. The van der Waals surface area contributed by atoms with E-state index < -0.39 is 18.0 Å². The molecule has 2 amide bonds. The second kappa shape index (κ2) is 7.10. The van der Waals surface area contributed by atoms with Crippen molar-refractivity contribution in [3.05, 3.63) is 24.3 Å². The summed E-state index contributed by atoms with van der Waals surface area (Å²) in [5.41, 5.74) is 0.635. The van der Waals surface area contributed by atoms with Crippen LogP contribution in [0.3, 0.4) is 0 Å². The first-order valence-corrected chi connectivity index (χ1v) is 8.08. The van der Waals surface area contributed by atoms with Crippen LogP contribution in [0.1, 0.15) is 6.42 Å². The topological polar surface area (TPSA) is 96.4 Å². The standard InChI is InChI=1S/C17H20N2O6/c1-24-13-5-3-2-4-12(13)19-9-11(8-15(19)20)16(21)18-6-7-25-14(10-18)17(22)23/h2-5,11,14H,6-10H2,1H3,(H,22,23)/t11-,14-/m0/s1. The number of morpholine rings is 1. The van der Waals surface area contributed by atoms with Gasteiger partial charge in [-0.1, -0.05) is 12.1 Å². The zero-order valence-electron chi connectivity index (χ0n) is 13.9. The van der Waals surface area contributed by atoms with E-state index in [9.17, 15) is 14.4 Å². The van der Waals surface area contributed by atoms with Crippen LogP contribution in [0.2, 0.25) is 0 Å². The third-order valence-electron chi connectivity index (χ3n) is 4.50. The smallest absolute Gasteiger partial charge is 0.334 e. The molecule has 25 heavy (non-hydrogen) atoms. The number of benzene rings is 1. The number of carbonyl (C=O) groups is 3. The van der Waals surface area contributed by atoms with Crippen molar-refractivity contribution in [3.8, 4) is 5.75 Å². The molecule has 1 aromatic rings. The number of ether oxygens (including phenoxy) is 2. The molecule has 2 aliphatic heterocycles. The number of anilines is 1. The van der Waals surface area contributed by atoms with Gasteiger partial charge < -0.3 is 24.4 Å². The van der Waals surface area contributed by atoms with Gasteiger partial charge in [-0.05, 0) is 12.1 Å². The predicted octanol–water partition coefficient (Wildman–Crippen LogP) is 0.360. The Labute approximate surface area is 144 Å². The number of amides is 2. The maximum absolute atomic E-state index is 12.7. The van der Waals surface area contributed by atoms with Gasteiger partial charge in [0.05, 0.1) is 31.9 Å². The number of para-hydroxylation sites is 2. The van der Waals surface area contributed by atoms with Crippen LogP contribution in [0.5, 0.6) is 5.75 Å². The van der Waals surface area contributed by atoms with Gasteiger partial charge in [0.25, 0.3) is 0 Å². The lowest BCUT2D eigenvalue weighted by molar-refractivity contribution is -0.160. The monoisotopic (exact) mass is 348 g/mol. The molecular weight excluding hydrogens is 328 g/mol. The fourth-order valence-corrected chi connectivity index (χ4v) is 3.22. The third-order valence-corrected chi connectivity index (χ3v) is 4.50. The molecular formula is C17H20N2O6. The molecule has 0 spiro atoms. The Balaban J connectivity index is 1.71. The van der Waals surface area contributed by atoms with Crippen LogP contribution in [0.25, 0.3) is 0 Å². The Kier molecular flexibility index (Phi) is 4.89. The number of carbonyl (C=O) groups excluding carboxylic acids is 2. The van der Waals surface area contributed by atoms with Crippen LogP contribution in [-0.4, -0.2) is 67.2 Å². The van der Waals surface area contributed by atoms with Crippen LogP contribution in [-0.2, 0) is 19.1 Å². The average molecular weight is 348 g/mol. The van der Waals surface area contributed by atoms with E-state index in [0.29, 0.717) is 18.0 Å². The minimum absolute atomic E-state index is 0.00746. The van der Waals surface area contributed by atoms with E-state index in [0.717, 1.165) is 0 Å². The molecule has 0 radical (unpaired) electrons. The average Bonchev–Trinajstić information content (AvgIpc) is 3.02. The van der Waals surface area contributed by atoms with Gasteiger partial charge >= 0.3 is 5.97 Å². The summed E-state index contributed by atoms with van der Waals surface area (Å²) in [5, 5.41) is 9.05. The van der Waals surface area contributed by atoms with Gasteiger partial charge in [0.15, 0.2) is 6.10 Å². The van der Waals surface area contributed by atoms with Gasteiger partial charge in [0.1, 0.15) is 5.75 Å². The molecule has 2 heterocycles. The number of hydrogen-bond acceptors (Lipinski definition) is 5. The number of nitrogens with zero attached hydrogens (tertiary/aromatic N) is 2. The summed E-state index contributed by atoms with van der Waals surface area (Å²) in [6, 6.07) is 7.15. The maximum Gasteiger partial charge on any atom is 0.334 e. The lowest BCUT2D eigenvalue weighted by atomic mass is 10.1. The highest BCUT2D eigenvalue weighted by Crippen LogP contribution is 2.33. The highest BCUT2D eigenvalue weighted by Gasteiger charge is 2.40. The third kappa shape index (κ3) is 3.43. The Morgan fingerprint density at radius 3 is 2.76 bits per heavy atom. The zero-order chi connectivity index (χ0) is 18.0. The summed E-state index contributed by atoms with van der Waals surface area (Å²) in [4.78, 5) is 39.2. The summed E-state index contributed by atoms with van der Waals surface area (Å²) in [6.07, 6.45) is -0.911. The van der Waals surface area contributed by atoms with Crippen molar-refractivity contribution >= 4 is 23.5 Å². The quantitative estimate of drug-likeness (QED) is 0.844. The van der Waals surface area contributed by atoms with Crippen molar-refractivity contribution in [2.75, 3.05) is 38.3 Å². The highest BCUT2D eigenvalue weighted by molar-refractivity contribution is 6.01. The summed E-state index contributed by atoms with van der Waals surface area (Å²) in [7, 11) is 1.53. The lowest BCUT2D eigenvalue weighted by Crippen LogP contribution is -2.50. The number of aliphatic carboxylic acids is 1. The molecule has 8 heteroatoms. The van der Waals surface area contributed by atoms with Crippen molar-refractivity contribution in [3.63, 3.8) is 0 Å². The fourth-order valence-electron chi connectivity index (χ4n) is 3.22. The van der Waals surface area contributed by atoms with Crippen LogP contribution in [0.4, 0.5) is 5.69 Å². The zero-order valence-corrected chi connectivity index (χ0v) is 13.9. The maximum atomic E-state index is 12.7. The molecule has 2 aliphatic rings. The first kappa shape index (κ1) is 17.2. The van der Waals surface area contributed by atoms with Gasteiger partial charge in [0.2, 0.25) is 11.8 Å². The van der Waals surface area contributed by atoms with E-state index in [1.807, 2.05) is 6.07 Å². The molecule has 8 nitrogen and oxygen atoms in total. The molecule has 0 aliphatic carbocycles. The van der Waals surface area contributed by atoms with Gasteiger partial charge in [-0.3, -0.25) is 9.59 Å². The number of hydrogen-bond donors (Lipinski definition) is 1. The predicted molar refractivity (Wildman–Crippen MR) is 87.4 cm³/mol. The van der Waals surface area contributed by atoms with Gasteiger partial charge in [0, 0.05) is 19.5 Å². The van der Waals surface area contributed by atoms with Gasteiger partial charge in [-0.15, -0.1) is 0 Å². The molecule has 1 aromatic carbocycles. The van der Waals surface area contributed by atoms with Crippen molar-refractivity contribution in [2.24, 2.45) is 5.92 Å². The van der Waals surface area contributed by atoms with E-state index in [1.165, 1.54) is 12.0 Å². The first-order valence-electron chi connectivity index (χ1n) is 8.08. The van der Waals surface area contributed by atoms with E-state index in [2.05, 4.69) is 0 Å². The highest BCUT2D eigenvalue weighted by atomic mass is 16.5. The van der Waals surface area contributed by atoms with Gasteiger partial charge in [-0.25, -0.2) is 4.79 Å². The van der Waals surface area contributed by atoms with E-state index >= 15 is 0 Å². The molecule has 3 rings (SSSR count). The Morgan fingerprint density at radius 2 is 2.04 bits per heavy atom. The molecule has 1 N–H and O–H groups in total. The summed E-state index contributed by atoms with van der Waals surface area (Å²) in [5.74, 6) is -1.37. The normalized spacial score (nSPS) is 23.6. The van der Waals surface area contributed by atoms with E-state index in [-0.39, 0.29) is 37.9 Å². The lowest BCUT2D eigenvalue weighted by Gasteiger charge is -2.32. The molecule has 0 bridgehead atoms. The van der Waals surface area contributed by atoms with E-state index in [1.54, 1.807) is 23.1 Å². The summed E-state index contributed by atoms with van der Waals surface area (Å²) in [6.45, 7) is 0.780. The molecule has 0 saturated carbocycles. The van der Waals surface area contributed by atoms with Crippen LogP contribution in [0.15, 0.2) is 24.3 Å². The minimum atomic E-state index is -1.09. The SMILES string of the molecule is COc1ccccc1N1C[C@@H](C(=O)N2CCO[C@H](C(=O)O)C2)CC1=O. The van der Waals surface area contributed by atoms with Crippen LogP contribution in [0, 0.1) is 5.92 Å². The van der Waals surface area contributed by atoms with Gasteiger partial charge in [-0.2, -0.15) is 0 Å². The van der Waals surface area contributed by atoms with Crippen LogP contribution >= 0.6 is 0 Å². The van der Waals surface area contributed by atoms with Crippen molar-refractivity contribution in [2.45, 2.75) is 12.5 Å². The first-order chi connectivity index (χ1) is 12.0. The molecule has 2 atom stereocenters. The molecule has 0 aromatic heterocycles. The summed E-state index contributed by atoms with van der Waals surface area (Å²) >= 11 is 0. The number of carboxylic acids is 1. The van der Waals surface area contributed by atoms with Crippen LogP contribution < -0.4 is 9.64 Å². The molecule has 134 valence electrons. The molecule has 2 saturated heterocycles. The second-order valence-electron chi connectivity index (χ2n) is 6.06.